The maximum Gasteiger partial charge on any atom is 0.0953 e. The minimum Gasteiger partial charge on any atom is -0.241 e. The van der Waals surface area contributed by atoms with Gasteiger partial charge in [0, 0.05) is 17.2 Å². The topological polar surface area (TPSA) is 12.9 Å². The van der Waals surface area contributed by atoms with Crippen LogP contribution < -0.4 is 0 Å². The fourth-order valence-corrected chi connectivity index (χ4v) is 4.64. The molecule has 0 amide bonds. The summed E-state index contributed by atoms with van der Waals surface area (Å²) >= 11 is 8.57. The van der Waals surface area contributed by atoms with Crippen molar-refractivity contribution >= 4 is 33.2 Å². The SMILES string of the molecule is ClC(Cc1nc2ccccc2s1)C1(c2ccccc2)CC1. The highest BCUT2D eigenvalue weighted by atomic mass is 35.5. The molecule has 0 saturated heterocycles. The molecule has 0 radical (unpaired) electrons. The van der Waals surface area contributed by atoms with Crippen molar-refractivity contribution in [1.29, 1.82) is 0 Å². The van der Waals surface area contributed by atoms with Crippen LogP contribution in [-0.4, -0.2) is 10.4 Å². The lowest BCUT2D eigenvalue weighted by Gasteiger charge is -2.21. The van der Waals surface area contributed by atoms with Crippen molar-refractivity contribution in [2.75, 3.05) is 0 Å². The minimum absolute atomic E-state index is 0.125. The summed E-state index contributed by atoms with van der Waals surface area (Å²) in [5.74, 6) is 0. The normalized spacial score (nSPS) is 17.8. The molecule has 4 rings (SSSR count). The molecule has 0 N–H and O–H groups in total. The number of rotatable bonds is 4. The van der Waals surface area contributed by atoms with E-state index in [4.69, 9.17) is 16.6 Å². The van der Waals surface area contributed by atoms with Gasteiger partial charge in [-0.15, -0.1) is 22.9 Å². The molecule has 0 aliphatic heterocycles. The Kier molecular flexibility index (Phi) is 3.24. The van der Waals surface area contributed by atoms with Crippen molar-refractivity contribution in [2.24, 2.45) is 0 Å². The lowest BCUT2D eigenvalue weighted by atomic mass is 9.90. The second kappa shape index (κ2) is 5.11. The molecule has 2 aromatic carbocycles. The van der Waals surface area contributed by atoms with Crippen LogP contribution in [0.4, 0.5) is 0 Å². The molecule has 1 nitrogen and oxygen atoms in total. The molecular formula is C18H16ClNS. The first kappa shape index (κ1) is 13.3. The molecule has 0 spiro atoms. The summed E-state index contributed by atoms with van der Waals surface area (Å²) in [6.45, 7) is 0. The molecule has 1 aromatic heterocycles. The predicted octanol–water partition coefficient (Wildman–Crippen LogP) is 5.18. The summed E-state index contributed by atoms with van der Waals surface area (Å²) in [5.41, 5.74) is 2.64. The van der Waals surface area contributed by atoms with E-state index in [1.165, 1.54) is 23.1 Å². The third-order valence-corrected chi connectivity index (χ3v) is 6.06. The molecule has 106 valence electrons. The molecule has 1 fully saturated rings. The summed E-state index contributed by atoms with van der Waals surface area (Å²) < 4.78 is 1.25. The molecule has 21 heavy (non-hydrogen) atoms. The van der Waals surface area contributed by atoms with Crippen molar-refractivity contribution in [3.8, 4) is 0 Å². The highest BCUT2D eigenvalue weighted by molar-refractivity contribution is 7.18. The minimum atomic E-state index is 0.125. The zero-order valence-electron chi connectivity index (χ0n) is 11.6. The third-order valence-electron chi connectivity index (χ3n) is 4.43. The van der Waals surface area contributed by atoms with Crippen LogP contribution in [0.15, 0.2) is 54.6 Å². The lowest BCUT2D eigenvalue weighted by molar-refractivity contribution is 0.628. The van der Waals surface area contributed by atoms with Gasteiger partial charge in [-0.25, -0.2) is 4.98 Å². The van der Waals surface area contributed by atoms with Crippen LogP contribution >= 0.6 is 22.9 Å². The number of hydrogen-bond acceptors (Lipinski definition) is 2. The van der Waals surface area contributed by atoms with E-state index in [1.54, 1.807) is 11.3 Å². The zero-order chi connectivity index (χ0) is 14.3. The highest BCUT2D eigenvalue weighted by Gasteiger charge is 2.50. The Labute approximate surface area is 133 Å². The Balaban J connectivity index is 1.59. The number of para-hydroxylation sites is 1. The van der Waals surface area contributed by atoms with Crippen LogP contribution in [-0.2, 0) is 11.8 Å². The number of benzene rings is 2. The number of fused-ring (bicyclic) bond motifs is 1. The molecular weight excluding hydrogens is 298 g/mol. The van der Waals surface area contributed by atoms with Crippen LogP contribution in [0.5, 0.6) is 0 Å². The number of nitrogens with zero attached hydrogens (tertiary/aromatic N) is 1. The molecule has 1 unspecified atom stereocenters. The first-order valence-electron chi connectivity index (χ1n) is 7.32. The Morgan fingerprint density at radius 1 is 1.05 bits per heavy atom. The Bertz CT molecular complexity index is 728. The van der Waals surface area contributed by atoms with E-state index < -0.39 is 0 Å². The van der Waals surface area contributed by atoms with Crippen LogP contribution in [0.3, 0.4) is 0 Å². The van der Waals surface area contributed by atoms with Crippen molar-refractivity contribution in [2.45, 2.75) is 30.1 Å². The first-order valence-corrected chi connectivity index (χ1v) is 8.57. The van der Waals surface area contributed by atoms with Gasteiger partial charge in [-0.05, 0) is 30.5 Å². The quantitative estimate of drug-likeness (QED) is 0.605. The average molecular weight is 314 g/mol. The highest BCUT2D eigenvalue weighted by Crippen LogP contribution is 2.53. The van der Waals surface area contributed by atoms with Crippen molar-refractivity contribution in [3.05, 3.63) is 65.2 Å². The van der Waals surface area contributed by atoms with Gasteiger partial charge in [0.05, 0.1) is 15.2 Å². The number of alkyl halides is 1. The molecule has 1 saturated carbocycles. The molecule has 1 aliphatic rings. The number of halogens is 1. The second-order valence-electron chi connectivity index (χ2n) is 5.77. The Morgan fingerprint density at radius 3 is 2.48 bits per heavy atom. The van der Waals surface area contributed by atoms with Gasteiger partial charge in [0.1, 0.15) is 0 Å². The van der Waals surface area contributed by atoms with Gasteiger partial charge in [0.25, 0.3) is 0 Å². The Morgan fingerprint density at radius 2 is 1.76 bits per heavy atom. The zero-order valence-corrected chi connectivity index (χ0v) is 13.2. The average Bonchev–Trinajstić information content (AvgIpc) is 3.23. The van der Waals surface area contributed by atoms with Crippen molar-refractivity contribution in [3.63, 3.8) is 0 Å². The number of aromatic nitrogens is 1. The molecule has 3 heteroatoms. The number of thiazole rings is 1. The van der Waals surface area contributed by atoms with E-state index in [-0.39, 0.29) is 10.8 Å². The van der Waals surface area contributed by atoms with E-state index in [1.807, 2.05) is 6.07 Å². The smallest absolute Gasteiger partial charge is 0.0953 e. The van der Waals surface area contributed by atoms with Crippen LogP contribution in [0.2, 0.25) is 0 Å². The van der Waals surface area contributed by atoms with Gasteiger partial charge in [0.15, 0.2) is 0 Å². The Hall–Kier alpha value is -1.38. The van der Waals surface area contributed by atoms with E-state index >= 15 is 0 Å². The summed E-state index contributed by atoms with van der Waals surface area (Å²) in [6.07, 6.45) is 3.24. The van der Waals surface area contributed by atoms with Crippen LogP contribution in [0.1, 0.15) is 23.4 Å². The largest absolute Gasteiger partial charge is 0.241 e. The van der Waals surface area contributed by atoms with Gasteiger partial charge in [-0.1, -0.05) is 42.5 Å². The number of hydrogen-bond donors (Lipinski definition) is 0. The lowest BCUT2D eigenvalue weighted by Crippen LogP contribution is -2.23. The fraction of sp³-hybridized carbons (Fsp3) is 0.278. The predicted molar refractivity (Wildman–Crippen MR) is 90.3 cm³/mol. The fourth-order valence-electron chi connectivity index (χ4n) is 3.04. The summed E-state index contributed by atoms with van der Waals surface area (Å²) in [5, 5.41) is 1.28. The van der Waals surface area contributed by atoms with E-state index in [2.05, 4.69) is 48.5 Å². The summed E-state index contributed by atoms with van der Waals surface area (Å²) in [4.78, 5) is 4.72. The molecule has 1 aliphatic carbocycles. The maximum absolute atomic E-state index is 6.80. The van der Waals surface area contributed by atoms with E-state index in [0.29, 0.717) is 0 Å². The van der Waals surface area contributed by atoms with Gasteiger partial charge in [-0.3, -0.25) is 0 Å². The molecule has 1 atom stereocenters. The van der Waals surface area contributed by atoms with Crippen molar-refractivity contribution < 1.29 is 0 Å². The summed E-state index contributed by atoms with van der Waals surface area (Å²) in [7, 11) is 0. The van der Waals surface area contributed by atoms with E-state index in [9.17, 15) is 0 Å². The second-order valence-corrected chi connectivity index (χ2v) is 7.41. The standard InChI is InChI=1S/C18H16ClNS/c19-16(18(10-11-18)13-6-2-1-3-7-13)12-17-20-14-8-4-5-9-15(14)21-17/h1-9,16H,10-12H2. The molecule has 0 bridgehead atoms. The monoisotopic (exact) mass is 313 g/mol. The third kappa shape index (κ3) is 2.37. The van der Waals surface area contributed by atoms with Crippen molar-refractivity contribution in [1.82, 2.24) is 4.98 Å². The van der Waals surface area contributed by atoms with Gasteiger partial charge in [0.2, 0.25) is 0 Å². The first-order chi connectivity index (χ1) is 10.3. The summed E-state index contributed by atoms with van der Waals surface area (Å²) in [6, 6.07) is 19.0. The van der Waals surface area contributed by atoms with Gasteiger partial charge < -0.3 is 0 Å². The molecule has 3 aromatic rings. The van der Waals surface area contributed by atoms with Crippen LogP contribution in [0, 0.1) is 0 Å². The van der Waals surface area contributed by atoms with Gasteiger partial charge in [-0.2, -0.15) is 0 Å². The molecule has 1 heterocycles. The van der Waals surface area contributed by atoms with Crippen LogP contribution in [0.25, 0.3) is 10.2 Å². The van der Waals surface area contributed by atoms with Gasteiger partial charge >= 0.3 is 0 Å². The van der Waals surface area contributed by atoms with E-state index in [0.717, 1.165) is 16.9 Å². The maximum atomic E-state index is 6.80.